The summed E-state index contributed by atoms with van der Waals surface area (Å²) < 4.78 is 0. The number of nitrogens with zero attached hydrogens (tertiary/aromatic N) is 1. The van der Waals surface area contributed by atoms with Crippen LogP contribution in [0, 0.1) is 29.1 Å². The molecular weight excluding hydrogens is 302 g/mol. The van der Waals surface area contributed by atoms with Crippen LogP contribution in [0.15, 0.2) is 48.5 Å². The Morgan fingerprint density at radius 2 is 1.60 bits per heavy atom. The van der Waals surface area contributed by atoms with Crippen molar-refractivity contribution >= 4 is 0 Å². The lowest BCUT2D eigenvalue weighted by Gasteiger charge is -2.34. The van der Waals surface area contributed by atoms with Gasteiger partial charge < -0.3 is 0 Å². The summed E-state index contributed by atoms with van der Waals surface area (Å²) in [4.78, 5) is 0. The number of hydrogen-bond acceptors (Lipinski definition) is 1. The lowest BCUT2D eigenvalue weighted by Crippen LogP contribution is -2.23. The second-order valence-electron chi connectivity index (χ2n) is 7.75. The molecule has 3 unspecified atom stereocenters. The van der Waals surface area contributed by atoms with Crippen LogP contribution in [-0.4, -0.2) is 0 Å². The maximum Gasteiger partial charge on any atom is 0.0991 e. The number of rotatable bonds is 5. The predicted octanol–water partition coefficient (Wildman–Crippen LogP) is 6.62. The number of benzene rings is 2. The van der Waals surface area contributed by atoms with E-state index in [4.69, 9.17) is 5.26 Å². The van der Waals surface area contributed by atoms with Crippen molar-refractivity contribution in [1.29, 1.82) is 5.26 Å². The van der Waals surface area contributed by atoms with E-state index in [0.717, 1.165) is 17.8 Å². The lowest BCUT2D eigenvalue weighted by molar-refractivity contribution is 0.181. The van der Waals surface area contributed by atoms with E-state index in [0.29, 0.717) is 5.56 Å². The molecule has 130 valence electrons. The summed E-state index contributed by atoms with van der Waals surface area (Å²) in [6.07, 6.45) is 8.16. The minimum Gasteiger partial charge on any atom is -0.192 e. The topological polar surface area (TPSA) is 23.8 Å². The third-order valence-electron chi connectivity index (χ3n) is 6.14. The van der Waals surface area contributed by atoms with Crippen molar-refractivity contribution in [1.82, 2.24) is 0 Å². The van der Waals surface area contributed by atoms with Crippen LogP contribution in [-0.2, 0) is 6.42 Å². The zero-order chi connectivity index (χ0) is 17.6. The minimum atomic E-state index is 0.715. The predicted molar refractivity (Wildman–Crippen MR) is 105 cm³/mol. The molecule has 2 aromatic carbocycles. The van der Waals surface area contributed by atoms with Crippen LogP contribution in [0.25, 0.3) is 11.1 Å². The van der Waals surface area contributed by atoms with Gasteiger partial charge in [-0.25, -0.2) is 0 Å². The van der Waals surface area contributed by atoms with E-state index >= 15 is 0 Å². The zero-order valence-corrected chi connectivity index (χ0v) is 15.5. The Morgan fingerprint density at radius 1 is 0.960 bits per heavy atom. The first-order valence-corrected chi connectivity index (χ1v) is 9.79. The summed E-state index contributed by atoms with van der Waals surface area (Å²) in [5.41, 5.74) is 4.57. The second-order valence-corrected chi connectivity index (χ2v) is 7.75. The normalized spacial score (nSPS) is 23.2. The highest BCUT2D eigenvalue weighted by Crippen LogP contribution is 2.37. The van der Waals surface area contributed by atoms with Crippen molar-refractivity contribution in [2.75, 3.05) is 0 Å². The van der Waals surface area contributed by atoms with Crippen molar-refractivity contribution in [2.45, 2.75) is 52.4 Å². The van der Waals surface area contributed by atoms with E-state index in [1.54, 1.807) is 0 Å². The van der Waals surface area contributed by atoms with Crippen LogP contribution in [0.3, 0.4) is 0 Å². The Morgan fingerprint density at radius 3 is 2.16 bits per heavy atom. The van der Waals surface area contributed by atoms with Gasteiger partial charge in [0.25, 0.3) is 0 Å². The molecular formula is C24H29N. The van der Waals surface area contributed by atoms with Crippen molar-refractivity contribution in [3.05, 3.63) is 59.7 Å². The van der Waals surface area contributed by atoms with Crippen LogP contribution in [0.5, 0.6) is 0 Å². The molecule has 1 nitrogen and oxygen atoms in total. The summed E-state index contributed by atoms with van der Waals surface area (Å²) in [6.45, 7) is 4.80. The summed E-state index contributed by atoms with van der Waals surface area (Å²) in [5.74, 6) is 2.76. The van der Waals surface area contributed by atoms with E-state index < -0.39 is 0 Å². The molecule has 1 aliphatic rings. The molecule has 0 spiro atoms. The van der Waals surface area contributed by atoms with Crippen molar-refractivity contribution < 1.29 is 0 Å². The molecule has 0 amide bonds. The van der Waals surface area contributed by atoms with Gasteiger partial charge in [-0.2, -0.15) is 5.26 Å². The smallest absolute Gasteiger partial charge is 0.0991 e. The Kier molecular flexibility index (Phi) is 5.92. The van der Waals surface area contributed by atoms with Crippen molar-refractivity contribution in [3.8, 4) is 17.2 Å². The third-order valence-corrected chi connectivity index (χ3v) is 6.14. The first kappa shape index (κ1) is 17.7. The molecule has 0 aliphatic heterocycles. The molecule has 0 N–H and O–H groups in total. The quantitative estimate of drug-likeness (QED) is 0.604. The highest BCUT2D eigenvalue weighted by Gasteiger charge is 2.26. The lowest BCUT2D eigenvalue weighted by atomic mass is 9.72. The number of hydrogen-bond donors (Lipinski definition) is 0. The third kappa shape index (κ3) is 4.51. The standard InChI is InChI=1S/C24H29N/c1-3-19-4-10-22(18(2)16-19)11-5-20-6-12-23(13-7-20)24-14-8-21(17-25)9-15-24/h6-9,12-15,18-19,22H,3-5,10-11,16H2,1-2H3. The van der Waals surface area contributed by atoms with Crippen LogP contribution < -0.4 is 0 Å². The van der Waals surface area contributed by atoms with Gasteiger partial charge >= 0.3 is 0 Å². The summed E-state index contributed by atoms with van der Waals surface area (Å²) in [5, 5.41) is 8.90. The molecule has 1 heteroatoms. The average molecular weight is 332 g/mol. The molecule has 0 aromatic heterocycles. The highest BCUT2D eigenvalue weighted by molar-refractivity contribution is 5.64. The van der Waals surface area contributed by atoms with E-state index in [9.17, 15) is 0 Å². The molecule has 3 rings (SSSR count). The van der Waals surface area contributed by atoms with Gasteiger partial charge in [0.1, 0.15) is 0 Å². The van der Waals surface area contributed by atoms with Crippen LogP contribution in [0.4, 0.5) is 0 Å². The molecule has 2 aromatic rings. The van der Waals surface area contributed by atoms with Gasteiger partial charge in [-0.05, 0) is 72.3 Å². The maximum atomic E-state index is 8.90. The highest BCUT2D eigenvalue weighted by atomic mass is 14.3. The summed E-state index contributed by atoms with van der Waals surface area (Å²) in [7, 11) is 0. The molecule has 3 atom stereocenters. The van der Waals surface area contributed by atoms with Crippen molar-refractivity contribution in [3.63, 3.8) is 0 Å². The summed E-state index contributed by atoms with van der Waals surface area (Å²) >= 11 is 0. The molecule has 0 radical (unpaired) electrons. The maximum absolute atomic E-state index is 8.90. The largest absolute Gasteiger partial charge is 0.192 e. The van der Waals surface area contributed by atoms with Crippen LogP contribution in [0.1, 0.15) is 57.1 Å². The van der Waals surface area contributed by atoms with E-state index in [1.165, 1.54) is 55.2 Å². The Hall–Kier alpha value is -2.07. The summed E-state index contributed by atoms with van der Waals surface area (Å²) in [6, 6.07) is 19.0. The monoisotopic (exact) mass is 331 g/mol. The molecule has 25 heavy (non-hydrogen) atoms. The Balaban J connectivity index is 1.56. The number of nitriles is 1. The molecule has 0 heterocycles. The first-order chi connectivity index (χ1) is 12.2. The average Bonchev–Trinajstić information content (AvgIpc) is 2.67. The second kappa shape index (κ2) is 8.34. The van der Waals surface area contributed by atoms with Gasteiger partial charge in [0.15, 0.2) is 0 Å². The number of aryl methyl sites for hydroxylation is 1. The first-order valence-electron chi connectivity index (χ1n) is 9.79. The van der Waals surface area contributed by atoms with E-state index in [1.807, 2.05) is 24.3 Å². The van der Waals surface area contributed by atoms with Gasteiger partial charge in [0, 0.05) is 0 Å². The zero-order valence-electron chi connectivity index (χ0n) is 15.5. The molecule has 0 bridgehead atoms. The van der Waals surface area contributed by atoms with Crippen LogP contribution in [0.2, 0.25) is 0 Å². The van der Waals surface area contributed by atoms with Gasteiger partial charge in [0.05, 0.1) is 11.6 Å². The minimum absolute atomic E-state index is 0.715. The van der Waals surface area contributed by atoms with Crippen LogP contribution >= 0.6 is 0 Å². The van der Waals surface area contributed by atoms with Gasteiger partial charge in [0.2, 0.25) is 0 Å². The molecule has 1 saturated carbocycles. The fourth-order valence-corrected chi connectivity index (χ4v) is 4.32. The van der Waals surface area contributed by atoms with Gasteiger partial charge in [-0.3, -0.25) is 0 Å². The van der Waals surface area contributed by atoms with Crippen molar-refractivity contribution in [2.24, 2.45) is 17.8 Å². The van der Waals surface area contributed by atoms with Gasteiger partial charge in [-0.1, -0.05) is 63.1 Å². The van der Waals surface area contributed by atoms with E-state index in [-0.39, 0.29) is 0 Å². The molecule has 0 saturated heterocycles. The van der Waals surface area contributed by atoms with Gasteiger partial charge in [-0.15, -0.1) is 0 Å². The fourth-order valence-electron chi connectivity index (χ4n) is 4.32. The van der Waals surface area contributed by atoms with E-state index in [2.05, 4.69) is 44.2 Å². The fraction of sp³-hybridized carbons (Fsp3) is 0.458. The molecule has 1 aliphatic carbocycles. The SMILES string of the molecule is CCC1CCC(CCc2ccc(-c3ccc(C#N)cc3)cc2)C(C)C1. The molecule has 1 fully saturated rings. The Bertz CT molecular complexity index is 705. The Labute approximate surface area is 152 Å².